The summed E-state index contributed by atoms with van der Waals surface area (Å²) in [5, 5.41) is 3.04. The van der Waals surface area contributed by atoms with E-state index in [1.54, 1.807) is 61.5 Å². The summed E-state index contributed by atoms with van der Waals surface area (Å²) < 4.78 is 41.4. The maximum atomic E-state index is 13.5. The van der Waals surface area contributed by atoms with Gasteiger partial charge in [-0.05, 0) is 61.0 Å². The van der Waals surface area contributed by atoms with Crippen molar-refractivity contribution in [2.75, 3.05) is 17.9 Å². The second kappa shape index (κ2) is 11.3. The number of sulfonamides is 1. The molecule has 35 heavy (non-hydrogen) atoms. The molecule has 0 aliphatic heterocycles. The molecule has 1 atom stereocenters. The molecule has 0 heterocycles. The van der Waals surface area contributed by atoms with Gasteiger partial charge in [0.15, 0.2) is 0 Å². The van der Waals surface area contributed by atoms with Crippen LogP contribution in [-0.4, -0.2) is 44.8 Å². The third-order valence-electron chi connectivity index (χ3n) is 5.40. The van der Waals surface area contributed by atoms with Crippen LogP contribution in [-0.2, 0) is 26.2 Å². The lowest BCUT2D eigenvalue weighted by atomic mass is 10.1. The van der Waals surface area contributed by atoms with Crippen LogP contribution in [0.25, 0.3) is 0 Å². The Morgan fingerprint density at radius 2 is 1.57 bits per heavy atom. The molecule has 0 aliphatic rings. The zero-order valence-electron chi connectivity index (χ0n) is 19.2. The van der Waals surface area contributed by atoms with Gasteiger partial charge in [0.2, 0.25) is 11.8 Å². The predicted molar refractivity (Wildman–Crippen MR) is 133 cm³/mol. The lowest BCUT2D eigenvalue weighted by Crippen LogP contribution is -2.50. The number of halogens is 2. The maximum Gasteiger partial charge on any atom is 0.264 e. The highest BCUT2D eigenvalue weighted by atomic mass is 35.5. The molecule has 0 saturated heterocycles. The predicted octanol–water partition coefficient (Wildman–Crippen LogP) is 3.84. The molecule has 2 amide bonds. The van der Waals surface area contributed by atoms with Crippen LogP contribution in [0.5, 0.6) is 0 Å². The van der Waals surface area contributed by atoms with Crippen molar-refractivity contribution in [1.29, 1.82) is 0 Å². The first-order valence-corrected chi connectivity index (χ1v) is 12.5. The van der Waals surface area contributed by atoms with Crippen molar-refractivity contribution >= 4 is 39.1 Å². The Hall–Kier alpha value is -3.43. The number of hydrogen-bond donors (Lipinski definition) is 1. The lowest BCUT2D eigenvalue weighted by molar-refractivity contribution is -0.139. The second-order valence-corrected chi connectivity index (χ2v) is 10.0. The molecule has 0 aliphatic carbocycles. The average Bonchev–Trinajstić information content (AvgIpc) is 2.86. The number of nitrogens with zero attached hydrogens (tertiary/aromatic N) is 2. The number of nitrogens with one attached hydrogen (secondary N) is 1. The Morgan fingerprint density at radius 3 is 2.14 bits per heavy atom. The smallest absolute Gasteiger partial charge is 0.264 e. The van der Waals surface area contributed by atoms with E-state index in [0.29, 0.717) is 10.6 Å². The minimum Gasteiger partial charge on any atom is -0.357 e. The normalized spacial score (nSPS) is 12.0. The Kier molecular flexibility index (Phi) is 8.48. The fourth-order valence-corrected chi connectivity index (χ4v) is 4.97. The molecule has 0 radical (unpaired) electrons. The summed E-state index contributed by atoms with van der Waals surface area (Å²) in [7, 11) is -2.77. The minimum atomic E-state index is -4.23. The summed E-state index contributed by atoms with van der Waals surface area (Å²) >= 11 is 5.96. The Labute approximate surface area is 209 Å². The molecule has 10 heteroatoms. The van der Waals surface area contributed by atoms with E-state index < -0.39 is 40.2 Å². The summed E-state index contributed by atoms with van der Waals surface area (Å²) in [6.45, 7) is 1.05. The van der Waals surface area contributed by atoms with Gasteiger partial charge in [0.25, 0.3) is 10.0 Å². The highest BCUT2D eigenvalue weighted by molar-refractivity contribution is 7.92. The third kappa shape index (κ3) is 6.37. The number of hydrogen-bond acceptors (Lipinski definition) is 4. The maximum absolute atomic E-state index is 13.5. The molecule has 1 N–H and O–H groups in total. The lowest BCUT2D eigenvalue weighted by Gasteiger charge is -2.31. The van der Waals surface area contributed by atoms with Crippen LogP contribution in [0, 0.1) is 5.82 Å². The molecular formula is C25H25ClFN3O4S. The number of carbonyl (C=O) groups is 2. The number of para-hydroxylation sites is 1. The van der Waals surface area contributed by atoms with Gasteiger partial charge in [-0.2, -0.15) is 0 Å². The van der Waals surface area contributed by atoms with E-state index in [0.717, 1.165) is 28.6 Å². The van der Waals surface area contributed by atoms with Crippen LogP contribution in [0.1, 0.15) is 12.5 Å². The van der Waals surface area contributed by atoms with Gasteiger partial charge in [-0.1, -0.05) is 41.9 Å². The van der Waals surface area contributed by atoms with Crippen LogP contribution in [0.4, 0.5) is 10.1 Å². The van der Waals surface area contributed by atoms with Gasteiger partial charge in [-0.3, -0.25) is 13.9 Å². The molecule has 3 aromatic carbocycles. The molecule has 3 rings (SSSR count). The number of likely N-dealkylation sites (N-methyl/N-ethyl adjacent to an activating group) is 1. The monoisotopic (exact) mass is 517 g/mol. The van der Waals surface area contributed by atoms with Gasteiger partial charge >= 0.3 is 0 Å². The van der Waals surface area contributed by atoms with E-state index in [4.69, 9.17) is 11.6 Å². The number of anilines is 1. The quantitative estimate of drug-likeness (QED) is 0.467. The molecular weight excluding hydrogens is 493 g/mol. The van der Waals surface area contributed by atoms with Gasteiger partial charge in [0, 0.05) is 18.6 Å². The van der Waals surface area contributed by atoms with Crippen LogP contribution in [0.3, 0.4) is 0 Å². The molecule has 0 bridgehead atoms. The highest BCUT2D eigenvalue weighted by Crippen LogP contribution is 2.24. The highest BCUT2D eigenvalue weighted by Gasteiger charge is 2.32. The summed E-state index contributed by atoms with van der Waals surface area (Å²) in [5.74, 6) is -1.58. The molecule has 7 nitrogen and oxygen atoms in total. The number of carbonyl (C=O) groups excluding carboxylic acids is 2. The summed E-state index contributed by atoms with van der Waals surface area (Å²) in [4.78, 5) is 27.1. The Balaban J connectivity index is 1.99. The van der Waals surface area contributed by atoms with Crippen molar-refractivity contribution in [3.63, 3.8) is 0 Å². The van der Waals surface area contributed by atoms with Crippen LogP contribution >= 0.6 is 11.6 Å². The largest absolute Gasteiger partial charge is 0.357 e. The molecule has 0 saturated carbocycles. The Bertz CT molecular complexity index is 1270. The van der Waals surface area contributed by atoms with E-state index in [1.165, 1.54) is 11.9 Å². The first-order valence-electron chi connectivity index (χ1n) is 10.7. The second-order valence-electron chi connectivity index (χ2n) is 7.74. The van der Waals surface area contributed by atoms with Gasteiger partial charge in [-0.25, -0.2) is 12.8 Å². The van der Waals surface area contributed by atoms with Crippen LogP contribution < -0.4 is 9.62 Å². The molecule has 184 valence electrons. The van der Waals surface area contributed by atoms with Crippen LogP contribution in [0.15, 0.2) is 83.8 Å². The van der Waals surface area contributed by atoms with Crippen LogP contribution in [0.2, 0.25) is 5.02 Å². The van der Waals surface area contributed by atoms with E-state index in [2.05, 4.69) is 5.32 Å². The average molecular weight is 518 g/mol. The molecule has 3 aromatic rings. The summed E-state index contributed by atoms with van der Waals surface area (Å²) in [5.41, 5.74) is 0.968. The molecule has 0 spiro atoms. The standard InChI is InChI=1S/C25H25ClFN3O4S/c1-18(25(32)28-2)29(16-19-8-10-20(26)11-9-19)24(31)17-30(22-6-4-3-5-7-22)35(33,34)23-14-12-21(27)13-15-23/h3-15,18H,16-17H2,1-2H3,(H,28,32)/t18-/m1/s1. The zero-order valence-corrected chi connectivity index (χ0v) is 20.8. The van der Waals surface area contributed by atoms with Gasteiger partial charge < -0.3 is 10.2 Å². The van der Waals surface area contributed by atoms with Gasteiger partial charge in [0.05, 0.1) is 10.6 Å². The Morgan fingerprint density at radius 1 is 0.971 bits per heavy atom. The van der Waals surface area contributed by atoms with E-state index >= 15 is 0 Å². The van der Waals surface area contributed by atoms with E-state index in [1.807, 2.05) is 0 Å². The van der Waals surface area contributed by atoms with E-state index in [-0.39, 0.29) is 17.1 Å². The third-order valence-corrected chi connectivity index (χ3v) is 7.44. The first-order chi connectivity index (χ1) is 16.6. The number of rotatable bonds is 9. The van der Waals surface area contributed by atoms with Gasteiger partial charge in [-0.15, -0.1) is 0 Å². The first kappa shape index (κ1) is 26.2. The van der Waals surface area contributed by atoms with Crippen molar-refractivity contribution in [2.24, 2.45) is 0 Å². The number of benzene rings is 3. The SMILES string of the molecule is CNC(=O)[C@@H](C)N(Cc1ccc(Cl)cc1)C(=O)CN(c1ccccc1)S(=O)(=O)c1ccc(F)cc1. The molecule has 0 unspecified atom stereocenters. The van der Waals surface area contributed by atoms with E-state index in [9.17, 15) is 22.4 Å². The van der Waals surface area contributed by atoms with Crippen molar-refractivity contribution in [3.8, 4) is 0 Å². The fourth-order valence-electron chi connectivity index (χ4n) is 3.43. The molecule has 0 aromatic heterocycles. The molecule has 0 fully saturated rings. The fraction of sp³-hybridized carbons (Fsp3) is 0.200. The van der Waals surface area contributed by atoms with Crippen molar-refractivity contribution in [1.82, 2.24) is 10.2 Å². The summed E-state index contributed by atoms with van der Waals surface area (Å²) in [6.07, 6.45) is 0. The van der Waals surface area contributed by atoms with Crippen molar-refractivity contribution < 1.29 is 22.4 Å². The van der Waals surface area contributed by atoms with Crippen molar-refractivity contribution in [3.05, 3.63) is 95.3 Å². The zero-order chi connectivity index (χ0) is 25.6. The minimum absolute atomic E-state index is 0.0593. The summed E-state index contributed by atoms with van der Waals surface area (Å²) in [6, 6.07) is 18.4. The van der Waals surface area contributed by atoms with Crippen molar-refractivity contribution in [2.45, 2.75) is 24.4 Å². The van der Waals surface area contributed by atoms with Gasteiger partial charge in [0.1, 0.15) is 18.4 Å². The number of amides is 2. The topological polar surface area (TPSA) is 86.8 Å².